The van der Waals surface area contributed by atoms with Gasteiger partial charge in [0.05, 0.1) is 12.2 Å². The highest BCUT2D eigenvalue weighted by Crippen LogP contribution is 2.32. The molecule has 4 aromatic rings. The minimum absolute atomic E-state index is 0.328. The van der Waals surface area contributed by atoms with Crippen molar-refractivity contribution < 1.29 is 4.74 Å². The Labute approximate surface area is 225 Å². The van der Waals surface area contributed by atoms with Crippen LogP contribution in [-0.4, -0.2) is 25.2 Å². The number of hydrogen-bond donors (Lipinski definition) is 1. The van der Waals surface area contributed by atoms with Gasteiger partial charge >= 0.3 is 0 Å². The Bertz CT molecular complexity index is 1300. The molecule has 0 unspecified atom stereocenters. The lowest BCUT2D eigenvalue weighted by molar-refractivity contribution is 0.301. The maximum atomic E-state index is 6.01. The summed E-state index contributed by atoms with van der Waals surface area (Å²) in [6.07, 6.45) is 11.1. The molecule has 1 fully saturated rings. The van der Waals surface area contributed by atoms with Crippen molar-refractivity contribution in [3.63, 3.8) is 0 Å². The molecule has 1 N–H and O–H groups in total. The molecule has 5 rings (SSSR count). The molecule has 0 atom stereocenters. The summed E-state index contributed by atoms with van der Waals surface area (Å²) in [6, 6.07) is 20.3. The number of rotatable bonds is 11. The molecule has 0 aliphatic heterocycles. The lowest BCUT2D eigenvalue weighted by atomic mass is 9.86. The molecule has 0 saturated heterocycles. The number of nitrogens with zero attached hydrogens (tertiary/aromatic N) is 5. The second-order valence-electron chi connectivity index (χ2n) is 10.6. The van der Waals surface area contributed by atoms with Gasteiger partial charge in [-0.25, -0.2) is 0 Å². The summed E-state index contributed by atoms with van der Waals surface area (Å²) in [6.45, 7) is 5.65. The van der Waals surface area contributed by atoms with Gasteiger partial charge in [0.2, 0.25) is 5.82 Å². The van der Waals surface area contributed by atoms with Gasteiger partial charge in [-0.3, -0.25) is 4.98 Å². The largest absolute Gasteiger partial charge is 0.487 e. The Kier molecular flexibility index (Phi) is 8.64. The fourth-order valence-corrected chi connectivity index (χ4v) is 5.21. The van der Waals surface area contributed by atoms with Crippen LogP contribution in [0, 0.1) is 5.92 Å². The number of nitrogens with one attached hydrogen (secondary N) is 1. The monoisotopic (exact) mass is 510 g/mol. The Morgan fingerprint density at radius 3 is 2.71 bits per heavy atom. The average molecular weight is 511 g/mol. The lowest BCUT2D eigenvalue weighted by Crippen LogP contribution is -2.09. The molecular weight excluding hydrogens is 472 g/mol. The zero-order valence-electron chi connectivity index (χ0n) is 22.5. The van der Waals surface area contributed by atoms with Crippen molar-refractivity contribution in [3.8, 4) is 17.1 Å². The van der Waals surface area contributed by atoms with Crippen LogP contribution in [0.25, 0.3) is 11.4 Å². The summed E-state index contributed by atoms with van der Waals surface area (Å²) < 4.78 is 6.01. The molecule has 1 aliphatic carbocycles. The molecule has 0 bridgehead atoms. The van der Waals surface area contributed by atoms with E-state index in [1.165, 1.54) is 44.1 Å². The molecule has 0 radical (unpaired) electrons. The van der Waals surface area contributed by atoms with E-state index in [-0.39, 0.29) is 0 Å². The summed E-state index contributed by atoms with van der Waals surface area (Å²) >= 11 is 0. The van der Waals surface area contributed by atoms with E-state index in [0.29, 0.717) is 18.3 Å². The molecule has 198 valence electrons. The third kappa shape index (κ3) is 6.97. The lowest BCUT2D eigenvalue weighted by Gasteiger charge is -2.20. The summed E-state index contributed by atoms with van der Waals surface area (Å²) in [4.78, 5) is 6.09. The third-order valence-electron chi connectivity index (χ3n) is 7.31. The van der Waals surface area contributed by atoms with Crippen LogP contribution in [0.3, 0.4) is 0 Å². The Morgan fingerprint density at radius 2 is 1.89 bits per heavy atom. The normalized spacial score (nSPS) is 14.1. The van der Waals surface area contributed by atoms with Crippen LogP contribution in [-0.2, 0) is 13.2 Å². The van der Waals surface area contributed by atoms with Crippen molar-refractivity contribution in [2.45, 2.75) is 77.9 Å². The smallest absolute Gasteiger partial charge is 0.204 e. The predicted molar refractivity (Wildman–Crippen MR) is 151 cm³/mol. The minimum Gasteiger partial charge on any atom is -0.487 e. The maximum absolute atomic E-state index is 6.01. The van der Waals surface area contributed by atoms with Gasteiger partial charge in [0.25, 0.3) is 0 Å². The first-order chi connectivity index (χ1) is 18.6. The third-order valence-corrected chi connectivity index (χ3v) is 7.31. The van der Waals surface area contributed by atoms with Gasteiger partial charge in [0.15, 0.2) is 0 Å². The fourth-order valence-electron chi connectivity index (χ4n) is 5.21. The van der Waals surface area contributed by atoms with Crippen LogP contribution in [0.1, 0.15) is 76.0 Å². The Morgan fingerprint density at radius 1 is 1.00 bits per heavy atom. The van der Waals surface area contributed by atoms with Crippen molar-refractivity contribution >= 4 is 11.4 Å². The molecular formula is C31H38N6O. The standard InChI is InChI=1S/C31H38N6O/c1-23(2)29-21-28(38-22-27-14-6-7-18-32-27)16-17-30(29)33-26-15-8-13-25(20-26)31-34-36-37(35-31)19-9-12-24-10-4-3-5-11-24/h6-8,13-18,20-21,23-24,33H,3-5,9-12,19,22H2,1-2H3. The van der Waals surface area contributed by atoms with Gasteiger partial charge in [0, 0.05) is 23.1 Å². The number of pyridine rings is 1. The maximum Gasteiger partial charge on any atom is 0.204 e. The van der Waals surface area contributed by atoms with Crippen molar-refractivity contribution in [1.82, 2.24) is 25.2 Å². The molecule has 2 aromatic heterocycles. The highest BCUT2D eigenvalue weighted by Gasteiger charge is 2.14. The van der Waals surface area contributed by atoms with Crippen molar-refractivity contribution in [2.75, 3.05) is 5.32 Å². The predicted octanol–water partition coefficient (Wildman–Crippen LogP) is 7.54. The Balaban J connectivity index is 1.22. The molecule has 7 nitrogen and oxygen atoms in total. The van der Waals surface area contributed by atoms with E-state index in [9.17, 15) is 0 Å². The van der Waals surface area contributed by atoms with Crippen molar-refractivity contribution in [3.05, 3.63) is 78.1 Å². The van der Waals surface area contributed by atoms with Gasteiger partial charge < -0.3 is 10.1 Å². The molecule has 0 spiro atoms. The second-order valence-corrected chi connectivity index (χ2v) is 10.6. The SMILES string of the molecule is CC(C)c1cc(OCc2ccccn2)ccc1Nc1cccc(-c2nnn(CCCC3CCCCC3)n2)c1. The summed E-state index contributed by atoms with van der Waals surface area (Å²) in [5.74, 6) is 2.71. The molecule has 2 aromatic carbocycles. The van der Waals surface area contributed by atoms with Gasteiger partial charge in [-0.2, -0.15) is 4.80 Å². The van der Waals surface area contributed by atoms with E-state index < -0.39 is 0 Å². The molecule has 1 aliphatic rings. The number of tetrazole rings is 1. The highest BCUT2D eigenvalue weighted by molar-refractivity contribution is 5.69. The van der Waals surface area contributed by atoms with Gasteiger partial charge in [0.1, 0.15) is 12.4 Å². The molecule has 7 heteroatoms. The first-order valence-electron chi connectivity index (χ1n) is 14.0. The van der Waals surface area contributed by atoms with E-state index in [1.807, 2.05) is 36.4 Å². The van der Waals surface area contributed by atoms with Crippen LogP contribution in [0.5, 0.6) is 5.75 Å². The summed E-state index contributed by atoms with van der Waals surface area (Å²) in [7, 11) is 0. The zero-order chi connectivity index (χ0) is 26.2. The fraction of sp³-hybridized carbons (Fsp3) is 0.419. The van der Waals surface area contributed by atoms with Gasteiger partial charge in [-0.1, -0.05) is 64.2 Å². The van der Waals surface area contributed by atoms with E-state index in [4.69, 9.17) is 4.74 Å². The Hall–Kier alpha value is -3.74. The van der Waals surface area contributed by atoms with E-state index >= 15 is 0 Å². The quantitative estimate of drug-likeness (QED) is 0.225. The number of anilines is 2. The second kappa shape index (κ2) is 12.7. The van der Waals surface area contributed by atoms with Crippen molar-refractivity contribution in [1.29, 1.82) is 0 Å². The molecule has 2 heterocycles. The van der Waals surface area contributed by atoms with Crippen molar-refractivity contribution in [2.24, 2.45) is 5.92 Å². The number of benzene rings is 2. The number of ether oxygens (including phenoxy) is 1. The van der Waals surface area contributed by atoms with E-state index in [1.54, 1.807) is 11.0 Å². The number of aromatic nitrogens is 5. The average Bonchev–Trinajstić information content (AvgIpc) is 3.43. The first-order valence-corrected chi connectivity index (χ1v) is 14.0. The van der Waals surface area contributed by atoms with E-state index in [0.717, 1.165) is 47.3 Å². The van der Waals surface area contributed by atoms with Crippen LogP contribution in [0.4, 0.5) is 11.4 Å². The number of aryl methyl sites for hydroxylation is 1. The van der Waals surface area contributed by atoms with E-state index in [2.05, 4.69) is 63.8 Å². The van der Waals surface area contributed by atoms with Crippen LogP contribution < -0.4 is 10.1 Å². The minimum atomic E-state index is 0.328. The van der Waals surface area contributed by atoms with Gasteiger partial charge in [-0.15, -0.1) is 10.2 Å². The van der Waals surface area contributed by atoms with Gasteiger partial charge in [-0.05, 0) is 77.9 Å². The van der Waals surface area contributed by atoms with Crippen LogP contribution in [0.2, 0.25) is 0 Å². The first kappa shape index (κ1) is 25.9. The zero-order valence-corrected chi connectivity index (χ0v) is 22.5. The topological polar surface area (TPSA) is 77.8 Å². The molecule has 1 saturated carbocycles. The van der Waals surface area contributed by atoms with Crippen LogP contribution in [0.15, 0.2) is 66.9 Å². The highest BCUT2D eigenvalue weighted by atomic mass is 16.5. The molecule has 0 amide bonds. The summed E-state index contributed by atoms with van der Waals surface area (Å²) in [5.41, 5.74) is 5.10. The number of hydrogen-bond acceptors (Lipinski definition) is 6. The molecule has 38 heavy (non-hydrogen) atoms. The summed E-state index contributed by atoms with van der Waals surface area (Å²) in [5, 5.41) is 16.9. The van der Waals surface area contributed by atoms with Crippen LogP contribution >= 0.6 is 0 Å².